The van der Waals surface area contributed by atoms with Crippen molar-refractivity contribution in [1.82, 2.24) is 0 Å². The van der Waals surface area contributed by atoms with Crippen molar-refractivity contribution in [3.05, 3.63) is 63.2 Å². The van der Waals surface area contributed by atoms with Gasteiger partial charge in [-0.1, -0.05) is 30.3 Å². The summed E-state index contributed by atoms with van der Waals surface area (Å²) in [5.41, 5.74) is 2.59. The molecule has 0 radical (unpaired) electrons. The predicted molar refractivity (Wildman–Crippen MR) is 95.8 cm³/mol. The van der Waals surface area contributed by atoms with Gasteiger partial charge in [0.05, 0.1) is 18.0 Å². The minimum absolute atomic E-state index is 0.252. The van der Waals surface area contributed by atoms with Gasteiger partial charge < -0.3 is 4.74 Å². The van der Waals surface area contributed by atoms with Gasteiger partial charge in [0.15, 0.2) is 0 Å². The molecule has 0 bridgehead atoms. The van der Waals surface area contributed by atoms with Crippen LogP contribution in [0.2, 0.25) is 0 Å². The van der Waals surface area contributed by atoms with E-state index in [0.717, 1.165) is 26.1 Å². The van der Waals surface area contributed by atoms with E-state index >= 15 is 0 Å². The van der Waals surface area contributed by atoms with Crippen molar-refractivity contribution in [2.24, 2.45) is 4.99 Å². The van der Waals surface area contributed by atoms with Crippen LogP contribution < -0.4 is 0 Å². The van der Waals surface area contributed by atoms with Crippen LogP contribution in [0.3, 0.4) is 0 Å². The maximum atomic E-state index is 12.7. The summed E-state index contributed by atoms with van der Waals surface area (Å²) in [4.78, 5) is 17.5. The lowest BCUT2D eigenvalue weighted by Crippen LogP contribution is -2.40. The average molecular weight is 405 g/mol. The molecule has 0 saturated carbocycles. The Bertz CT molecular complexity index is 755. The fourth-order valence-electron chi connectivity index (χ4n) is 2.80. The number of esters is 1. The van der Waals surface area contributed by atoms with Gasteiger partial charge in [0, 0.05) is 9.13 Å². The third-order valence-corrected chi connectivity index (χ3v) is 4.61. The van der Waals surface area contributed by atoms with Gasteiger partial charge in [0.1, 0.15) is 5.41 Å². The van der Waals surface area contributed by atoms with Gasteiger partial charge in [-0.25, -0.2) is 0 Å². The van der Waals surface area contributed by atoms with Gasteiger partial charge in [-0.3, -0.25) is 9.79 Å². The molecule has 0 amide bonds. The zero-order chi connectivity index (χ0) is 15.7. The van der Waals surface area contributed by atoms with E-state index in [2.05, 4.69) is 22.6 Å². The Hall–Kier alpha value is -1.69. The summed E-state index contributed by atoms with van der Waals surface area (Å²) in [6, 6.07) is 15.8. The Labute approximate surface area is 143 Å². The number of hydrogen-bond donors (Lipinski definition) is 0. The second-order valence-electron chi connectivity index (χ2n) is 5.33. The summed E-state index contributed by atoms with van der Waals surface area (Å²) in [5.74, 6) is -0.252. The molecule has 112 valence electrons. The first kappa shape index (κ1) is 15.2. The topological polar surface area (TPSA) is 38.7 Å². The van der Waals surface area contributed by atoms with E-state index in [0.29, 0.717) is 6.61 Å². The summed E-state index contributed by atoms with van der Waals surface area (Å²) in [6.07, 6.45) is 0. The van der Waals surface area contributed by atoms with Gasteiger partial charge in [0.2, 0.25) is 0 Å². The van der Waals surface area contributed by atoms with Crippen molar-refractivity contribution in [2.45, 2.75) is 19.3 Å². The van der Waals surface area contributed by atoms with Crippen LogP contribution in [0.4, 0.5) is 5.69 Å². The van der Waals surface area contributed by atoms with Crippen LogP contribution in [-0.2, 0) is 14.9 Å². The summed E-state index contributed by atoms with van der Waals surface area (Å²) in [5, 5.41) is 0. The van der Waals surface area contributed by atoms with Crippen LogP contribution in [0.1, 0.15) is 25.0 Å². The lowest BCUT2D eigenvalue weighted by Gasteiger charge is -2.25. The smallest absolute Gasteiger partial charge is 0.322 e. The number of carbonyl (C=O) groups is 1. The van der Waals surface area contributed by atoms with E-state index in [9.17, 15) is 4.79 Å². The summed E-state index contributed by atoms with van der Waals surface area (Å²) < 4.78 is 6.44. The molecule has 0 N–H and O–H groups in total. The van der Waals surface area contributed by atoms with Gasteiger partial charge in [-0.05, 0) is 60.2 Å². The van der Waals surface area contributed by atoms with Crippen molar-refractivity contribution in [3.8, 4) is 0 Å². The number of rotatable bonds is 3. The zero-order valence-corrected chi connectivity index (χ0v) is 14.6. The summed E-state index contributed by atoms with van der Waals surface area (Å²) >= 11 is 2.25. The molecule has 1 atom stereocenters. The molecule has 3 rings (SSSR count). The number of halogens is 1. The van der Waals surface area contributed by atoms with Crippen LogP contribution in [0.5, 0.6) is 0 Å². The Kier molecular flexibility index (Phi) is 4.04. The monoisotopic (exact) mass is 405 g/mol. The highest BCUT2D eigenvalue weighted by Crippen LogP contribution is 2.43. The molecule has 0 saturated heterocycles. The third-order valence-electron chi connectivity index (χ3n) is 3.93. The van der Waals surface area contributed by atoms with Crippen molar-refractivity contribution in [2.75, 3.05) is 6.61 Å². The van der Waals surface area contributed by atoms with Crippen LogP contribution >= 0.6 is 22.6 Å². The molecule has 1 heterocycles. The summed E-state index contributed by atoms with van der Waals surface area (Å²) in [7, 11) is 0. The largest absolute Gasteiger partial charge is 0.465 e. The van der Waals surface area contributed by atoms with E-state index in [1.54, 1.807) is 0 Å². The van der Waals surface area contributed by atoms with Gasteiger partial charge in [-0.2, -0.15) is 0 Å². The van der Waals surface area contributed by atoms with E-state index < -0.39 is 5.41 Å². The molecule has 2 aromatic rings. The molecule has 1 aliphatic rings. The highest BCUT2D eigenvalue weighted by molar-refractivity contribution is 14.1. The minimum Gasteiger partial charge on any atom is -0.465 e. The Morgan fingerprint density at radius 1 is 1.23 bits per heavy atom. The van der Waals surface area contributed by atoms with Crippen molar-refractivity contribution in [3.63, 3.8) is 0 Å². The van der Waals surface area contributed by atoms with Crippen LogP contribution in [-0.4, -0.2) is 18.3 Å². The molecule has 22 heavy (non-hydrogen) atoms. The maximum absolute atomic E-state index is 12.7. The van der Waals surface area contributed by atoms with Crippen molar-refractivity contribution < 1.29 is 9.53 Å². The predicted octanol–water partition coefficient (Wildman–Crippen LogP) is 4.25. The van der Waals surface area contributed by atoms with Crippen LogP contribution in [0.25, 0.3) is 0 Å². The van der Waals surface area contributed by atoms with Crippen molar-refractivity contribution >= 4 is 40.0 Å². The van der Waals surface area contributed by atoms with E-state index in [1.807, 2.05) is 62.4 Å². The first-order valence-corrected chi connectivity index (χ1v) is 8.27. The average Bonchev–Trinajstić information content (AvgIpc) is 2.83. The standard InChI is InChI=1S/C18H16INO2/c1-3-22-17(21)18(2)14-11-13(19)9-10-15(14)20-16(18)12-7-5-4-6-8-12/h4-11H,3H2,1-2H3. The number of hydrogen-bond acceptors (Lipinski definition) is 3. The first-order chi connectivity index (χ1) is 10.6. The zero-order valence-electron chi connectivity index (χ0n) is 12.5. The molecular weight excluding hydrogens is 389 g/mol. The third kappa shape index (κ3) is 2.35. The molecule has 1 aliphatic heterocycles. The second-order valence-corrected chi connectivity index (χ2v) is 6.58. The molecule has 0 aromatic heterocycles. The Morgan fingerprint density at radius 3 is 2.64 bits per heavy atom. The summed E-state index contributed by atoms with van der Waals surface area (Å²) in [6.45, 7) is 4.08. The van der Waals surface area contributed by atoms with Crippen molar-refractivity contribution in [1.29, 1.82) is 0 Å². The molecule has 1 unspecified atom stereocenters. The fourth-order valence-corrected chi connectivity index (χ4v) is 3.29. The fraction of sp³-hybridized carbons (Fsp3) is 0.222. The van der Waals surface area contributed by atoms with Crippen LogP contribution in [0, 0.1) is 3.57 Å². The normalized spacial score (nSPS) is 19.5. The first-order valence-electron chi connectivity index (χ1n) is 7.19. The molecule has 2 aromatic carbocycles. The van der Waals surface area contributed by atoms with E-state index in [1.165, 1.54) is 0 Å². The SMILES string of the molecule is CCOC(=O)C1(C)C(c2ccccc2)=Nc2ccc(I)cc21. The van der Waals surface area contributed by atoms with Gasteiger partial charge in [-0.15, -0.1) is 0 Å². The molecular formula is C18H16INO2. The van der Waals surface area contributed by atoms with Gasteiger partial charge in [0.25, 0.3) is 0 Å². The molecule has 0 aliphatic carbocycles. The van der Waals surface area contributed by atoms with E-state index in [-0.39, 0.29) is 5.97 Å². The number of benzene rings is 2. The molecule has 0 spiro atoms. The quantitative estimate of drug-likeness (QED) is 0.566. The highest BCUT2D eigenvalue weighted by Gasteiger charge is 2.47. The Balaban J connectivity index is 2.20. The molecule has 3 nitrogen and oxygen atoms in total. The molecule has 0 fully saturated rings. The number of ether oxygens (including phenoxy) is 1. The minimum atomic E-state index is -0.867. The van der Waals surface area contributed by atoms with Gasteiger partial charge >= 0.3 is 5.97 Å². The number of nitrogens with zero attached hydrogens (tertiary/aromatic N) is 1. The highest BCUT2D eigenvalue weighted by atomic mass is 127. The molecule has 4 heteroatoms. The number of carbonyl (C=O) groups excluding carboxylic acids is 1. The number of aliphatic imine (C=N–C) groups is 1. The Morgan fingerprint density at radius 2 is 1.95 bits per heavy atom. The number of fused-ring (bicyclic) bond motifs is 1. The lowest BCUT2D eigenvalue weighted by atomic mass is 9.77. The second kappa shape index (κ2) is 5.83. The maximum Gasteiger partial charge on any atom is 0.322 e. The van der Waals surface area contributed by atoms with Crippen LogP contribution in [0.15, 0.2) is 53.5 Å². The van der Waals surface area contributed by atoms with E-state index in [4.69, 9.17) is 9.73 Å². The lowest BCUT2D eigenvalue weighted by molar-refractivity contribution is -0.146.